The quantitative estimate of drug-likeness (QED) is 0.722. The van der Waals surface area contributed by atoms with Gasteiger partial charge in [0.25, 0.3) is 0 Å². The molecule has 0 bridgehead atoms. The van der Waals surface area contributed by atoms with E-state index in [2.05, 4.69) is 0 Å². The topological polar surface area (TPSA) is 29.3 Å². The van der Waals surface area contributed by atoms with Crippen LogP contribution in [0.4, 0.5) is 13.2 Å². The molecule has 5 heteroatoms. The van der Waals surface area contributed by atoms with E-state index in [0.29, 0.717) is 19.5 Å². The first-order chi connectivity index (χ1) is 5.96. The minimum absolute atomic E-state index is 0.449. The van der Waals surface area contributed by atoms with Gasteiger partial charge in [0, 0.05) is 12.6 Å². The van der Waals surface area contributed by atoms with Crippen LogP contribution in [-0.2, 0) is 0 Å². The molecule has 0 spiro atoms. The standard InChI is InChI=1S/C8H15F3N2/c1-2-4-13-5-3-6(12)7(13)8(9,10)11/h6-7H,2-5,12H2,1H3/t6-,7-/m0/s1. The molecule has 0 aromatic rings. The molecule has 0 amide bonds. The average molecular weight is 196 g/mol. The predicted octanol–water partition coefficient (Wildman–Crippen LogP) is 1.36. The molecule has 0 unspecified atom stereocenters. The van der Waals surface area contributed by atoms with Gasteiger partial charge in [0.05, 0.1) is 0 Å². The molecule has 13 heavy (non-hydrogen) atoms. The minimum atomic E-state index is -4.18. The van der Waals surface area contributed by atoms with Gasteiger partial charge in [-0.2, -0.15) is 13.2 Å². The molecule has 2 nitrogen and oxygen atoms in total. The fourth-order valence-electron chi connectivity index (χ4n) is 1.87. The van der Waals surface area contributed by atoms with Gasteiger partial charge < -0.3 is 5.73 Å². The van der Waals surface area contributed by atoms with E-state index in [1.807, 2.05) is 6.92 Å². The van der Waals surface area contributed by atoms with E-state index < -0.39 is 18.3 Å². The Morgan fingerprint density at radius 2 is 2.08 bits per heavy atom. The van der Waals surface area contributed by atoms with Gasteiger partial charge in [-0.1, -0.05) is 6.92 Å². The zero-order valence-electron chi connectivity index (χ0n) is 7.64. The van der Waals surface area contributed by atoms with Gasteiger partial charge in [0.1, 0.15) is 6.04 Å². The third kappa shape index (κ3) is 2.34. The van der Waals surface area contributed by atoms with Gasteiger partial charge in [0.2, 0.25) is 0 Å². The number of hydrogen-bond acceptors (Lipinski definition) is 2. The summed E-state index contributed by atoms with van der Waals surface area (Å²) in [5.74, 6) is 0. The Morgan fingerprint density at radius 3 is 2.54 bits per heavy atom. The van der Waals surface area contributed by atoms with Crippen molar-refractivity contribution in [1.82, 2.24) is 4.90 Å². The summed E-state index contributed by atoms with van der Waals surface area (Å²) in [5.41, 5.74) is 5.42. The lowest BCUT2D eigenvalue weighted by Gasteiger charge is -2.28. The lowest BCUT2D eigenvalue weighted by atomic mass is 10.1. The molecule has 0 aromatic carbocycles. The number of hydrogen-bond donors (Lipinski definition) is 1. The zero-order valence-corrected chi connectivity index (χ0v) is 7.64. The summed E-state index contributed by atoms with van der Waals surface area (Å²) in [7, 11) is 0. The van der Waals surface area contributed by atoms with Crippen LogP contribution in [0.2, 0.25) is 0 Å². The van der Waals surface area contributed by atoms with Gasteiger partial charge in [-0.15, -0.1) is 0 Å². The van der Waals surface area contributed by atoms with Crippen molar-refractivity contribution in [3.05, 3.63) is 0 Å². The zero-order chi connectivity index (χ0) is 10.1. The fraction of sp³-hybridized carbons (Fsp3) is 1.00. The van der Waals surface area contributed by atoms with Crippen LogP contribution in [0.15, 0.2) is 0 Å². The monoisotopic (exact) mass is 196 g/mol. The van der Waals surface area contributed by atoms with Crippen molar-refractivity contribution in [2.45, 2.75) is 38.0 Å². The molecule has 0 aromatic heterocycles. The van der Waals surface area contributed by atoms with E-state index in [0.717, 1.165) is 6.42 Å². The van der Waals surface area contributed by atoms with Gasteiger partial charge in [0.15, 0.2) is 0 Å². The van der Waals surface area contributed by atoms with Crippen LogP contribution in [0.25, 0.3) is 0 Å². The molecule has 1 heterocycles. The summed E-state index contributed by atoms with van der Waals surface area (Å²) in [4.78, 5) is 1.44. The van der Waals surface area contributed by atoms with E-state index in [1.165, 1.54) is 4.90 Å². The summed E-state index contributed by atoms with van der Waals surface area (Å²) in [6.07, 6.45) is -2.99. The van der Waals surface area contributed by atoms with Crippen molar-refractivity contribution < 1.29 is 13.2 Å². The Bertz CT molecular complexity index is 167. The van der Waals surface area contributed by atoms with Crippen molar-refractivity contribution in [2.24, 2.45) is 5.73 Å². The molecule has 1 aliphatic rings. The molecule has 1 saturated heterocycles. The summed E-state index contributed by atoms with van der Waals surface area (Å²) in [5, 5.41) is 0. The number of alkyl halides is 3. The Labute approximate surface area is 75.9 Å². The van der Waals surface area contributed by atoms with E-state index in [1.54, 1.807) is 0 Å². The smallest absolute Gasteiger partial charge is 0.326 e. The van der Waals surface area contributed by atoms with Crippen molar-refractivity contribution in [3.63, 3.8) is 0 Å². The molecular weight excluding hydrogens is 181 g/mol. The molecule has 1 aliphatic heterocycles. The first-order valence-electron chi connectivity index (χ1n) is 4.53. The molecular formula is C8H15F3N2. The van der Waals surface area contributed by atoms with Crippen LogP contribution >= 0.6 is 0 Å². The second-order valence-electron chi connectivity index (χ2n) is 3.47. The lowest BCUT2D eigenvalue weighted by molar-refractivity contribution is -0.178. The molecule has 2 N–H and O–H groups in total. The molecule has 0 radical (unpaired) electrons. The van der Waals surface area contributed by atoms with Crippen molar-refractivity contribution in [2.75, 3.05) is 13.1 Å². The molecule has 1 rings (SSSR count). The van der Waals surface area contributed by atoms with Gasteiger partial charge in [-0.25, -0.2) is 0 Å². The highest BCUT2D eigenvalue weighted by Crippen LogP contribution is 2.31. The number of halogens is 3. The van der Waals surface area contributed by atoms with Gasteiger partial charge in [-0.05, 0) is 19.4 Å². The Balaban J connectivity index is 2.65. The fourth-order valence-corrected chi connectivity index (χ4v) is 1.87. The number of rotatable bonds is 2. The highest BCUT2D eigenvalue weighted by atomic mass is 19.4. The number of nitrogens with two attached hydrogens (primary N) is 1. The normalized spacial score (nSPS) is 31.2. The van der Waals surface area contributed by atoms with Gasteiger partial charge >= 0.3 is 6.18 Å². The Morgan fingerprint density at radius 1 is 1.46 bits per heavy atom. The highest BCUT2D eigenvalue weighted by molar-refractivity contribution is 4.94. The third-order valence-corrected chi connectivity index (χ3v) is 2.39. The van der Waals surface area contributed by atoms with Crippen LogP contribution in [0.3, 0.4) is 0 Å². The maximum absolute atomic E-state index is 12.5. The van der Waals surface area contributed by atoms with Crippen LogP contribution in [0.1, 0.15) is 19.8 Å². The largest absolute Gasteiger partial charge is 0.405 e. The number of nitrogens with zero attached hydrogens (tertiary/aromatic N) is 1. The molecule has 0 aliphatic carbocycles. The average Bonchev–Trinajstić information content (AvgIpc) is 2.31. The van der Waals surface area contributed by atoms with E-state index >= 15 is 0 Å². The minimum Gasteiger partial charge on any atom is -0.326 e. The van der Waals surface area contributed by atoms with Crippen LogP contribution in [0.5, 0.6) is 0 Å². The summed E-state index contributed by atoms with van der Waals surface area (Å²) in [6, 6.07) is -2.17. The highest BCUT2D eigenvalue weighted by Gasteiger charge is 2.49. The van der Waals surface area contributed by atoms with E-state index in [4.69, 9.17) is 5.73 Å². The second kappa shape index (κ2) is 3.84. The molecule has 0 saturated carbocycles. The molecule has 1 fully saturated rings. The Kier molecular flexibility index (Phi) is 3.18. The Hall–Kier alpha value is -0.290. The summed E-state index contributed by atoms with van der Waals surface area (Å²) >= 11 is 0. The van der Waals surface area contributed by atoms with Crippen LogP contribution in [0, 0.1) is 0 Å². The second-order valence-corrected chi connectivity index (χ2v) is 3.47. The predicted molar refractivity (Wildman–Crippen MR) is 44.3 cm³/mol. The maximum Gasteiger partial charge on any atom is 0.405 e. The lowest BCUT2D eigenvalue weighted by Crippen LogP contribution is -2.49. The summed E-state index contributed by atoms with van der Waals surface area (Å²) < 4.78 is 37.4. The summed E-state index contributed by atoms with van der Waals surface area (Å²) in [6.45, 7) is 2.83. The maximum atomic E-state index is 12.5. The van der Waals surface area contributed by atoms with Gasteiger partial charge in [-0.3, -0.25) is 4.90 Å². The first kappa shape index (κ1) is 10.8. The van der Waals surface area contributed by atoms with Crippen molar-refractivity contribution >= 4 is 0 Å². The van der Waals surface area contributed by atoms with Crippen molar-refractivity contribution in [3.8, 4) is 0 Å². The SMILES string of the molecule is CCCN1CC[C@H](N)[C@H]1C(F)(F)F. The number of likely N-dealkylation sites (tertiary alicyclic amines) is 1. The van der Waals surface area contributed by atoms with E-state index in [9.17, 15) is 13.2 Å². The van der Waals surface area contributed by atoms with Crippen molar-refractivity contribution in [1.29, 1.82) is 0 Å². The molecule has 2 atom stereocenters. The van der Waals surface area contributed by atoms with Crippen LogP contribution < -0.4 is 5.73 Å². The van der Waals surface area contributed by atoms with E-state index in [-0.39, 0.29) is 0 Å². The molecule has 78 valence electrons. The van der Waals surface area contributed by atoms with Crippen LogP contribution in [-0.4, -0.2) is 36.2 Å². The third-order valence-electron chi connectivity index (χ3n) is 2.39. The first-order valence-corrected chi connectivity index (χ1v) is 4.53.